The van der Waals surface area contributed by atoms with Crippen LogP contribution in [0.15, 0.2) is 0 Å². The lowest BCUT2D eigenvalue weighted by Gasteiger charge is -2.27. The Morgan fingerprint density at radius 2 is 0.750 bits per heavy atom. The molecular weight excluding hydrogens is 356 g/mol. The van der Waals surface area contributed by atoms with Crippen LogP contribution in [0.3, 0.4) is 0 Å². The maximum atomic E-state index is 10.5. The number of amides is 2. The summed E-state index contributed by atoms with van der Waals surface area (Å²) >= 11 is 0. The minimum atomic E-state index is -0.843. The average Bonchev–Trinajstić information content (AvgIpc) is 2.51. The molecule has 0 aliphatic heterocycles. The van der Waals surface area contributed by atoms with Crippen LogP contribution in [0.1, 0.15) is 95.9 Å². The molecule has 2 amide bonds. The molecule has 0 heterocycles. The second-order valence-corrected chi connectivity index (χ2v) is 8.53. The Morgan fingerprint density at radius 3 is 0.786 bits per heavy atom. The van der Waals surface area contributed by atoms with E-state index in [9.17, 15) is 9.59 Å². The first-order valence-electron chi connectivity index (χ1n) is 10.7. The summed E-state index contributed by atoms with van der Waals surface area (Å²) in [6.07, 6.45) is 0.972. The van der Waals surface area contributed by atoms with Gasteiger partial charge in [-0.3, -0.25) is 0 Å². The van der Waals surface area contributed by atoms with E-state index in [1.165, 1.54) is 22.6 Å². The van der Waals surface area contributed by atoms with Gasteiger partial charge in [0, 0.05) is 24.2 Å². The molecule has 2 atom stereocenters. The first kappa shape index (κ1) is 31.2. The largest absolute Gasteiger partial charge is 0.465 e. The Labute approximate surface area is 174 Å². The van der Waals surface area contributed by atoms with Gasteiger partial charge in [0.15, 0.2) is 0 Å². The van der Waals surface area contributed by atoms with Crippen LogP contribution >= 0.6 is 0 Å². The maximum Gasteiger partial charge on any atom is 0.407 e. The minimum Gasteiger partial charge on any atom is -0.465 e. The average molecular weight is 405 g/mol. The maximum absolute atomic E-state index is 10.5. The van der Waals surface area contributed by atoms with Gasteiger partial charge >= 0.3 is 12.2 Å². The van der Waals surface area contributed by atoms with E-state index in [1.807, 2.05) is 55.4 Å². The lowest BCUT2D eigenvalue weighted by atomic mass is 9.92. The molecule has 6 nitrogen and oxygen atoms in total. The van der Waals surface area contributed by atoms with Crippen molar-refractivity contribution >= 4 is 12.2 Å². The van der Waals surface area contributed by atoms with E-state index in [4.69, 9.17) is 10.2 Å². The molecule has 170 valence electrons. The SMILES string of the molecule is CC(C)N(C(=O)O)C(C)C.CC(C)N(C(=O)O)C(C)C.CCC(C)C(C)CC. The van der Waals surface area contributed by atoms with Crippen molar-refractivity contribution in [1.82, 2.24) is 9.80 Å². The smallest absolute Gasteiger partial charge is 0.407 e. The first-order valence-corrected chi connectivity index (χ1v) is 10.7. The molecule has 0 aliphatic rings. The summed E-state index contributed by atoms with van der Waals surface area (Å²) in [4.78, 5) is 23.8. The van der Waals surface area contributed by atoms with E-state index in [0.29, 0.717) is 0 Å². The van der Waals surface area contributed by atoms with Crippen molar-refractivity contribution in [3.8, 4) is 0 Å². The number of rotatable bonds is 7. The summed E-state index contributed by atoms with van der Waals surface area (Å²) in [7, 11) is 0. The predicted molar refractivity (Wildman–Crippen MR) is 119 cm³/mol. The van der Waals surface area contributed by atoms with Crippen molar-refractivity contribution in [2.75, 3.05) is 0 Å². The van der Waals surface area contributed by atoms with Crippen LogP contribution in [0.25, 0.3) is 0 Å². The normalized spacial score (nSPS) is 12.7. The quantitative estimate of drug-likeness (QED) is 0.498. The summed E-state index contributed by atoms with van der Waals surface area (Å²) in [6.45, 7) is 24.1. The summed E-state index contributed by atoms with van der Waals surface area (Å²) < 4.78 is 0. The van der Waals surface area contributed by atoms with E-state index in [-0.39, 0.29) is 24.2 Å². The molecule has 28 heavy (non-hydrogen) atoms. The molecule has 0 radical (unpaired) electrons. The second-order valence-electron chi connectivity index (χ2n) is 8.53. The summed E-state index contributed by atoms with van der Waals surface area (Å²) in [5, 5.41) is 17.3. The minimum absolute atomic E-state index is 0.0671. The van der Waals surface area contributed by atoms with Crippen molar-refractivity contribution in [1.29, 1.82) is 0 Å². The molecule has 0 saturated heterocycles. The third-order valence-corrected chi connectivity index (χ3v) is 4.93. The van der Waals surface area contributed by atoms with Crippen molar-refractivity contribution < 1.29 is 19.8 Å². The monoisotopic (exact) mass is 404 g/mol. The number of nitrogens with zero attached hydrogens (tertiary/aromatic N) is 2. The van der Waals surface area contributed by atoms with Crippen LogP contribution in [0.5, 0.6) is 0 Å². The van der Waals surface area contributed by atoms with Crippen molar-refractivity contribution in [2.24, 2.45) is 11.8 Å². The Kier molecular flexibility index (Phi) is 18.4. The topological polar surface area (TPSA) is 81.1 Å². The number of carbonyl (C=O) groups is 2. The molecule has 0 spiro atoms. The highest BCUT2D eigenvalue weighted by atomic mass is 16.4. The van der Waals surface area contributed by atoms with Gasteiger partial charge < -0.3 is 20.0 Å². The first-order chi connectivity index (χ1) is 12.6. The molecule has 0 aromatic rings. The van der Waals surface area contributed by atoms with Gasteiger partial charge in [-0.05, 0) is 67.2 Å². The molecule has 0 aromatic heterocycles. The van der Waals surface area contributed by atoms with Crippen LogP contribution in [0.4, 0.5) is 9.59 Å². The third kappa shape index (κ3) is 14.6. The zero-order valence-corrected chi connectivity index (χ0v) is 20.5. The van der Waals surface area contributed by atoms with Crippen molar-refractivity contribution in [2.45, 2.75) is 120 Å². The zero-order chi connectivity index (χ0) is 23.2. The lowest BCUT2D eigenvalue weighted by Crippen LogP contribution is -2.40. The molecule has 2 N–H and O–H groups in total. The molecule has 0 saturated carbocycles. The van der Waals surface area contributed by atoms with Gasteiger partial charge in [0.25, 0.3) is 0 Å². The molecular formula is C22H48N2O4. The van der Waals surface area contributed by atoms with Gasteiger partial charge in [-0.25, -0.2) is 9.59 Å². The Balaban J connectivity index is -0.000000337. The summed E-state index contributed by atoms with van der Waals surface area (Å²) in [6, 6.07) is 0.269. The van der Waals surface area contributed by atoms with Gasteiger partial charge in [0.1, 0.15) is 0 Å². The molecule has 0 fully saturated rings. The highest BCUT2D eigenvalue weighted by Crippen LogP contribution is 2.16. The fourth-order valence-corrected chi connectivity index (χ4v) is 2.88. The lowest BCUT2D eigenvalue weighted by molar-refractivity contribution is 0.115. The van der Waals surface area contributed by atoms with Crippen LogP contribution in [0, 0.1) is 11.8 Å². The number of hydrogen-bond acceptors (Lipinski definition) is 2. The van der Waals surface area contributed by atoms with Crippen molar-refractivity contribution in [3.05, 3.63) is 0 Å². The van der Waals surface area contributed by atoms with Crippen LogP contribution in [-0.2, 0) is 0 Å². The second kappa shape index (κ2) is 16.5. The van der Waals surface area contributed by atoms with Crippen LogP contribution < -0.4 is 0 Å². The third-order valence-electron chi connectivity index (χ3n) is 4.93. The van der Waals surface area contributed by atoms with Gasteiger partial charge in [0.05, 0.1) is 0 Å². The molecule has 0 aliphatic carbocycles. The van der Waals surface area contributed by atoms with Crippen molar-refractivity contribution in [3.63, 3.8) is 0 Å². The van der Waals surface area contributed by atoms with Crippen LogP contribution in [-0.4, -0.2) is 56.4 Å². The summed E-state index contributed by atoms with van der Waals surface area (Å²) in [5.74, 6) is 1.83. The highest BCUT2D eigenvalue weighted by Gasteiger charge is 2.18. The Bertz CT molecular complexity index is 355. The zero-order valence-electron chi connectivity index (χ0n) is 20.5. The number of carboxylic acid groups (broad SMARTS) is 2. The molecule has 0 rings (SSSR count). The van der Waals surface area contributed by atoms with Crippen LogP contribution in [0.2, 0.25) is 0 Å². The Morgan fingerprint density at radius 1 is 0.571 bits per heavy atom. The highest BCUT2D eigenvalue weighted by molar-refractivity contribution is 5.66. The molecule has 0 aromatic carbocycles. The van der Waals surface area contributed by atoms with E-state index in [1.54, 1.807) is 0 Å². The molecule has 2 unspecified atom stereocenters. The predicted octanol–water partition coefficient (Wildman–Crippen LogP) is 6.65. The van der Waals surface area contributed by atoms with Gasteiger partial charge in [-0.1, -0.05) is 40.5 Å². The van der Waals surface area contributed by atoms with E-state index >= 15 is 0 Å². The molecule has 6 heteroatoms. The Hall–Kier alpha value is -1.46. The summed E-state index contributed by atoms with van der Waals surface area (Å²) in [5.41, 5.74) is 0. The number of hydrogen-bond donors (Lipinski definition) is 2. The standard InChI is InChI=1S/C8H18.2C7H15NO2/c1-5-7(3)8(4)6-2;2*1-5(2)8(6(3)4)7(9)10/h7-8H,5-6H2,1-4H3;2*5-6H,1-4H3,(H,9,10). The van der Waals surface area contributed by atoms with E-state index in [0.717, 1.165) is 11.8 Å². The van der Waals surface area contributed by atoms with Gasteiger partial charge in [-0.15, -0.1) is 0 Å². The molecule has 0 bridgehead atoms. The fraction of sp³-hybridized carbons (Fsp3) is 0.909. The van der Waals surface area contributed by atoms with Gasteiger partial charge in [0.2, 0.25) is 0 Å². The van der Waals surface area contributed by atoms with Gasteiger partial charge in [-0.2, -0.15) is 0 Å². The fourth-order valence-electron chi connectivity index (χ4n) is 2.88. The van der Waals surface area contributed by atoms with E-state index in [2.05, 4.69) is 27.7 Å². The van der Waals surface area contributed by atoms with E-state index < -0.39 is 12.2 Å².